The van der Waals surface area contributed by atoms with E-state index in [2.05, 4.69) is 10.6 Å². The second kappa shape index (κ2) is 8.72. The first-order chi connectivity index (χ1) is 12.3. The first-order valence-corrected chi connectivity index (χ1v) is 8.32. The maximum Gasteiger partial charge on any atom is 0.253 e. The molecule has 0 aromatic heterocycles. The lowest BCUT2D eigenvalue weighted by Gasteiger charge is -2.27. The van der Waals surface area contributed by atoms with Crippen LogP contribution in [0.3, 0.4) is 0 Å². The van der Waals surface area contributed by atoms with Gasteiger partial charge in [0.05, 0.1) is 12.3 Å². The van der Waals surface area contributed by atoms with Crippen LogP contribution in [-0.4, -0.2) is 50.1 Å². The summed E-state index contributed by atoms with van der Waals surface area (Å²) in [6.45, 7) is 3.92. The monoisotopic (exact) mass is 366 g/mol. The van der Waals surface area contributed by atoms with Gasteiger partial charge in [-0.15, -0.1) is 0 Å². The molecule has 3 amide bonds. The van der Waals surface area contributed by atoms with Crippen LogP contribution in [0.4, 0.5) is 15.8 Å². The molecule has 8 nitrogen and oxygen atoms in total. The predicted octanol–water partition coefficient (Wildman–Crippen LogP) is 0.227. The zero-order chi connectivity index (χ0) is 19.3. The molecule has 1 saturated heterocycles. The molecule has 4 N–H and O–H groups in total. The van der Waals surface area contributed by atoms with Gasteiger partial charge in [-0.25, -0.2) is 4.39 Å². The van der Waals surface area contributed by atoms with E-state index in [1.807, 2.05) is 0 Å². The van der Waals surface area contributed by atoms with Crippen LogP contribution in [-0.2, 0) is 19.1 Å². The number of rotatable bonds is 6. The third-order valence-corrected chi connectivity index (χ3v) is 3.90. The molecule has 26 heavy (non-hydrogen) atoms. The number of amides is 3. The molecule has 1 aromatic rings. The summed E-state index contributed by atoms with van der Waals surface area (Å²) in [5.74, 6) is -2.19. The quantitative estimate of drug-likeness (QED) is 0.667. The van der Waals surface area contributed by atoms with E-state index in [1.54, 1.807) is 13.8 Å². The van der Waals surface area contributed by atoms with Gasteiger partial charge in [-0.1, -0.05) is 13.8 Å². The SMILES string of the molecule is CC(C)C(=O)N[C@@H](CN)C(=O)Nc1ccc(N2CCOCC2=O)cc1F. The number of carbonyl (C=O) groups excluding carboxylic acids is 3. The Kier molecular flexibility index (Phi) is 6.64. The number of ether oxygens (including phenoxy) is 1. The molecule has 1 fully saturated rings. The Balaban J connectivity index is 2.08. The lowest BCUT2D eigenvalue weighted by atomic mass is 10.1. The third kappa shape index (κ3) is 4.77. The summed E-state index contributed by atoms with van der Waals surface area (Å²) >= 11 is 0. The van der Waals surface area contributed by atoms with Crippen LogP contribution in [0.5, 0.6) is 0 Å². The van der Waals surface area contributed by atoms with Crippen LogP contribution in [0, 0.1) is 11.7 Å². The first-order valence-electron chi connectivity index (χ1n) is 8.32. The molecule has 1 heterocycles. The fourth-order valence-electron chi connectivity index (χ4n) is 2.35. The van der Waals surface area contributed by atoms with Crippen molar-refractivity contribution in [2.45, 2.75) is 19.9 Å². The number of nitrogens with two attached hydrogens (primary N) is 1. The zero-order valence-electron chi connectivity index (χ0n) is 14.8. The smallest absolute Gasteiger partial charge is 0.253 e. The maximum atomic E-state index is 14.3. The average molecular weight is 366 g/mol. The van der Waals surface area contributed by atoms with Gasteiger partial charge in [0.25, 0.3) is 5.91 Å². The number of morpholine rings is 1. The molecule has 1 atom stereocenters. The Hall–Kier alpha value is -2.52. The number of hydrogen-bond acceptors (Lipinski definition) is 5. The molecule has 1 aliphatic heterocycles. The average Bonchev–Trinajstić information content (AvgIpc) is 2.61. The molecule has 1 aliphatic rings. The molecule has 0 spiro atoms. The van der Waals surface area contributed by atoms with E-state index in [-0.39, 0.29) is 36.6 Å². The molecule has 0 aliphatic carbocycles. The van der Waals surface area contributed by atoms with Gasteiger partial charge in [-0.2, -0.15) is 0 Å². The van der Waals surface area contributed by atoms with E-state index >= 15 is 0 Å². The summed E-state index contributed by atoms with van der Waals surface area (Å²) in [4.78, 5) is 37.2. The van der Waals surface area contributed by atoms with Crippen molar-refractivity contribution in [2.75, 3.05) is 36.5 Å². The minimum atomic E-state index is -0.968. The molecule has 142 valence electrons. The van der Waals surface area contributed by atoms with Crippen LogP contribution in [0.25, 0.3) is 0 Å². The van der Waals surface area contributed by atoms with E-state index in [9.17, 15) is 18.8 Å². The molecule has 0 radical (unpaired) electrons. The normalized spacial score (nSPS) is 15.7. The number of carbonyl (C=O) groups is 3. The van der Waals surface area contributed by atoms with Gasteiger partial charge >= 0.3 is 0 Å². The Morgan fingerprint density at radius 1 is 1.35 bits per heavy atom. The van der Waals surface area contributed by atoms with Gasteiger partial charge in [0.1, 0.15) is 18.5 Å². The Morgan fingerprint density at radius 3 is 2.65 bits per heavy atom. The molecule has 0 saturated carbocycles. The fraction of sp³-hybridized carbons (Fsp3) is 0.471. The number of benzene rings is 1. The van der Waals surface area contributed by atoms with Crippen LogP contribution in [0.1, 0.15) is 13.8 Å². The lowest BCUT2D eigenvalue weighted by molar-refractivity contribution is -0.128. The molecule has 9 heteroatoms. The van der Waals surface area contributed by atoms with Crippen LogP contribution >= 0.6 is 0 Å². The van der Waals surface area contributed by atoms with Crippen LogP contribution < -0.4 is 21.3 Å². The van der Waals surface area contributed by atoms with Crippen molar-refractivity contribution in [1.82, 2.24) is 5.32 Å². The highest BCUT2D eigenvalue weighted by molar-refractivity contribution is 5.98. The van der Waals surface area contributed by atoms with Crippen molar-refractivity contribution in [1.29, 1.82) is 0 Å². The molecule has 0 bridgehead atoms. The van der Waals surface area contributed by atoms with Crippen LogP contribution in [0.2, 0.25) is 0 Å². The highest BCUT2D eigenvalue weighted by atomic mass is 19.1. The van der Waals surface area contributed by atoms with Gasteiger partial charge in [-0.05, 0) is 18.2 Å². The number of hydrogen-bond donors (Lipinski definition) is 3. The lowest BCUT2D eigenvalue weighted by Crippen LogP contribution is -2.49. The Labute approximate surface area is 150 Å². The molecule has 1 aromatic carbocycles. The zero-order valence-corrected chi connectivity index (χ0v) is 14.8. The van der Waals surface area contributed by atoms with E-state index in [1.165, 1.54) is 23.1 Å². The van der Waals surface area contributed by atoms with Crippen LogP contribution in [0.15, 0.2) is 18.2 Å². The summed E-state index contributed by atoms with van der Waals surface area (Å²) in [7, 11) is 0. The summed E-state index contributed by atoms with van der Waals surface area (Å²) < 4.78 is 19.4. The molecule has 0 unspecified atom stereocenters. The Morgan fingerprint density at radius 2 is 2.08 bits per heavy atom. The van der Waals surface area contributed by atoms with Crippen molar-refractivity contribution in [2.24, 2.45) is 11.7 Å². The van der Waals surface area contributed by atoms with E-state index in [4.69, 9.17) is 10.5 Å². The standard InChI is InChI=1S/C17H23FN4O4/c1-10(2)16(24)21-14(8-19)17(25)20-13-4-3-11(7-12(13)18)22-5-6-26-9-15(22)23/h3-4,7,10,14H,5-6,8-9,19H2,1-2H3,(H,20,25)(H,21,24)/t14-/m0/s1. The number of nitrogens with zero attached hydrogens (tertiary/aromatic N) is 1. The fourth-order valence-corrected chi connectivity index (χ4v) is 2.35. The van der Waals surface area contributed by atoms with Gasteiger partial charge in [0.2, 0.25) is 11.8 Å². The summed E-state index contributed by atoms with van der Waals surface area (Å²) in [5, 5.41) is 4.92. The molecular weight excluding hydrogens is 343 g/mol. The minimum absolute atomic E-state index is 0.0478. The van der Waals surface area contributed by atoms with E-state index in [0.29, 0.717) is 18.8 Å². The summed E-state index contributed by atoms with van der Waals surface area (Å²) in [5.41, 5.74) is 5.85. The minimum Gasteiger partial charge on any atom is -0.370 e. The first kappa shape index (κ1) is 19.8. The largest absolute Gasteiger partial charge is 0.370 e. The summed E-state index contributed by atoms with van der Waals surface area (Å²) in [6, 6.07) is 3.10. The van der Waals surface area contributed by atoms with Gasteiger partial charge in [0.15, 0.2) is 0 Å². The highest BCUT2D eigenvalue weighted by Gasteiger charge is 2.23. The van der Waals surface area contributed by atoms with Crippen molar-refractivity contribution >= 4 is 29.1 Å². The number of nitrogens with one attached hydrogen (secondary N) is 2. The second-order valence-electron chi connectivity index (χ2n) is 6.20. The van der Waals surface area contributed by atoms with Gasteiger partial charge < -0.3 is 26.0 Å². The maximum absolute atomic E-state index is 14.3. The molecule has 2 rings (SSSR count). The predicted molar refractivity (Wildman–Crippen MR) is 94.0 cm³/mol. The van der Waals surface area contributed by atoms with Crippen molar-refractivity contribution in [3.63, 3.8) is 0 Å². The van der Waals surface area contributed by atoms with Crippen molar-refractivity contribution in [3.8, 4) is 0 Å². The van der Waals surface area contributed by atoms with E-state index in [0.717, 1.165) is 0 Å². The summed E-state index contributed by atoms with van der Waals surface area (Å²) in [6.07, 6.45) is 0. The molecular formula is C17H23FN4O4. The highest BCUT2D eigenvalue weighted by Crippen LogP contribution is 2.23. The van der Waals surface area contributed by atoms with Crippen molar-refractivity contribution < 1.29 is 23.5 Å². The van der Waals surface area contributed by atoms with Crippen molar-refractivity contribution in [3.05, 3.63) is 24.0 Å². The van der Waals surface area contributed by atoms with Gasteiger partial charge in [0, 0.05) is 24.7 Å². The van der Waals surface area contributed by atoms with E-state index < -0.39 is 17.8 Å². The Bertz CT molecular complexity index is 695. The number of halogens is 1. The second-order valence-corrected chi connectivity index (χ2v) is 6.20. The van der Waals surface area contributed by atoms with Gasteiger partial charge in [-0.3, -0.25) is 14.4 Å². The third-order valence-electron chi connectivity index (χ3n) is 3.90. The topological polar surface area (TPSA) is 114 Å². The number of anilines is 2.